The van der Waals surface area contributed by atoms with Crippen molar-refractivity contribution in [3.8, 4) is 28.6 Å². The van der Waals surface area contributed by atoms with Gasteiger partial charge in [0.2, 0.25) is 5.75 Å². The quantitative estimate of drug-likeness (QED) is 0.485. The highest BCUT2D eigenvalue weighted by molar-refractivity contribution is 6.33. The maximum absolute atomic E-state index is 13.1. The number of ether oxygens (including phenoxy) is 3. The van der Waals surface area contributed by atoms with Crippen LogP contribution in [-0.2, 0) is 17.8 Å². The number of fused-ring (bicyclic) bond motifs is 1. The van der Waals surface area contributed by atoms with Gasteiger partial charge in [0.25, 0.3) is 11.8 Å². The van der Waals surface area contributed by atoms with Crippen LogP contribution in [0.15, 0.2) is 30.3 Å². The standard InChI is InChI=1S/C24H26ClN5O5/c1-33-18-10-14(11-19(34-2)22(18)35-13-20(26)31)24(32)27-15-7-8-17(25)16(12-15)23-29-28-21-6-4-3-5-9-30(21)23/h7-8,10-12H,3-6,9,13H2,1-2H3,(H2,26,31)(H,27,32). The SMILES string of the molecule is COc1cc(C(=O)Nc2ccc(Cl)c(-c3nnc4n3CCCCC4)c2)cc(OC)c1OCC(N)=O. The summed E-state index contributed by atoms with van der Waals surface area (Å²) in [6.45, 7) is 0.465. The molecule has 0 radical (unpaired) electrons. The van der Waals surface area contributed by atoms with Crippen molar-refractivity contribution in [2.24, 2.45) is 5.73 Å². The van der Waals surface area contributed by atoms with Crippen molar-refractivity contribution in [2.45, 2.75) is 32.2 Å². The van der Waals surface area contributed by atoms with Gasteiger partial charge < -0.3 is 29.8 Å². The third kappa shape index (κ3) is 5.32. The summed E-state index contributed by atoms with van der Waals surface area (Å²) in [4.78, 5) is 24.2. The largest absolute Gasteiger partial charge is 0.493 e. The number of anilines is 1. The van der Waals surface area contributed by atoms with Gasteiger partial charge in [-0.15, -0.1) is 10.2 Å². The highest BCUT2D eigenvalue weighted by Crippen LogP contribution is 2.39. The molecular weight excluding hydrogens is 474 g/mol. The molecule has 0 bridgehead atoms. The molecule has 0 saturated heterocycles. The summed E-state index contributed by atoms with van der Waals surface area (Å²) in [5, 5.41) is 12.1. The number of methoxy groups -OCH3 is 2. The molecule has 3 aromatic rings. The molecule has 10 nitrogen and oxygen atoms in total. The fourth-order valence-corrected chi connectivity index (χ4v) is 4.16. The Bertz CT molecular complexity index is 1230. The molecule has 2 heterocycles. The number of nitrogens with one attached hydrogen (secondary N) is 1. The number of aromatic nitrogens is 3. The van der Waals surface area contributed by atoms with Crippen LogP contribution in [0, 0.1) is 0 Å². The number of amides is 2. The van der Waals surface area contributed by atoms with Crippen molar-refractivity contribution >= 4 is 29.1 Å². The van der Waals surface area contributed by atoms with Crippen molar-refractivity contribution < 1.29 is 23.8 Å². The molecule has 1 aromatic heterocycles. The number of carbonyl (C=O) groups excluding carboxylic acids is 2. The fourth-order valence-electron chi connectivity index (χ4n) is 3.96. The number of nitrogens with zero attached hydrogens (tertiary/aromatic N) is 3. The molecule has 184 valence electrons. The highest BCUT2D eigenvalue weighted by Gasteiger charge is 2.21. The predicted molar refractivity (Wildman–Crippen MR) is 130 cm³/mol. The van der Waals surface area contributed by atoms with E-state index in [1.807, 2.05) is 0 Å². The number of hydrogen-bond donors (Lipinski definition) is 2. The number of rotatable bonds is 8. The number of benzene rings is 2. The predicted octanol–water partition coefficient (Wildman–Crippen LogP) is 3.46. The average Bonchev–Trinajstić information content (AvgIpc) is 3.10. The van der Waals surface area contributed by atoms with Crippen LogP contribution >= 0.6 is 11.6 Å². The Balaban J connectivity index is 1.61. The second-order valence-electron chi connectivity index (χ2n) is 8.02. The van der Waals surface area contributed by atoms with Crippen molar-refractivity contribution in [2.75, 3.05) is 26.1 Å². The van der Waals surface area contributed by atoms with Crippen LogP contribution < -0.4 is 25.3 Å². The molecule has 0 atom stereocenters. The van der Waals surface area contributed by atoms with Crippen molar-refractivity contribution in [1.82, 2.24) is 14.8 Å². The van der Waals surface area contributed by atoms with E-state index in [0.29, 0.717) is 22.1 Å². The van der Waals surface area contributed by atoms with Gasteiger partial charge in [0.1, 0.15) is 5.82 Å². The van der Waals surface area contributed by atoms with Gasteiger partial charge in [-0.2, -0.15) is 0 Å². The second-order valence-corrected chi connectivity index (χ2v) is 8.42. The molecule has 0 aliphatic carbocycles. The van der Waals surface area contributed by atoms with Crippen LogP contribution in [-0.4, -0.2) is 47.4 Å². The Morgan fingerprint density at radius 2 is 1.83 bits per heavy atom. The van der Waals surface area contributed by atoms with Gasteiger partial charge in [-0.1, -0.05) is 18.0 Å². The molecular formula is C24H26ClN5O5. The van der Waals surface area contributed by atoms with Crippen LogP contribution in [0.5, 0.6) is 17.2 Å². The lowest BCUT2D eigenvalue weighted by Gasteiger charge is -2.16. The molecule has 0 fully saturated rings. The van der Waals surface area contributed by atoms with Crippen LogP contribution in [0.2, 0.25) is 5.02 Å². The first-order valence-electron chi connectivity index (χ1n) is 11.1. The van der Waals surface area contributed by atoms with Crippen molar-refractivity contribution in [3.63, 3.8) is 0 Å². The van der Waals surface area contributed by atoms with Gasteiger partial charge >= 0.3 is 0 Å². The number of nitrogens with two attached hydrogens (primary N) is 1. The lowest BCUT2D eigenvalue weighted by Crippen LogP contribution is -2.20. The fraction of sp³-hybridized carbons (Fsp3) is 0.333. The van der Waals surface area contributed by atoms with Gasteiger partial charge in [-0.05, 0) is 43.2 Å². The molecule has 0 saturated carbocycles. The van der Waals surface area contributed by atoms with E-state index in [1.54, 1.807) is 18.2 Å². The topological polar surface area (TPSA) is 131 Å². The van der Waals surface area contributed by atoms with Crippen LogP contribution in [0.1, 0.15) is 35.4 Å². The van der Waals surface area contributed by atoms with E-state index in [0.717, 1.165) is 38.1 Å². The minimum atomic E-state index is -0.654. The number of primary amides is 1. The van der Waals surface area contributed by atoms with E-state index in [-0.39, 0.29) is 29.4 Å². The molecule has 0 unspecified atom stereocenters. The first-order chi connectivity index (χ1) is 16.9. The summed E-state index contributed by atoms with van der Waals surface area (Å²) >= 11 is 6.50. The molecule has 4 rings (SSSR count). The Hall–Kier alpha value is -3.79. The highest BCUT2D eigenvalue weighted by atomic mass is 35.5. The first-order valence-corrected chi connectivity index (χ1v) is 11.5. The number of aryl methyl sites for hydroxylation is 1. The molecule has 11 heteroatoms. The second kappa shape index (κ2) is 10.6. The number of hydrogen-bond acceptors (Lipinski definition) is 7. The maximum atomic E-state index is 13.1. The summed E-state index contributed by atoms with van der Waals surface area (Å²) in [6, 6.07) is 8.18. The van der Waals surface area contributed by atoms with Crippen LogP contribution in [0.25, 0.3) is 11.4 Å². The lowest BCUT2D eigenvalue weighted by atomic mass is 10.1. The van der Waals surface area contributed by atoms with E-state index in [4.69, 9.17) is 31.5 Å². The Morgan fingerprint density at radius 3 is 2.51 bits per heavy atom. The van der Waals surface area contributed by atoms with Gasteiger partial charge in [0, 0.05) is 29.8 Å². The van der Waals surface area contributed by atoms with Crippen LogP contribution in [0.3, 0.4) is 0 Å². The molecule has 2 amide bonds. The van der Waals surface area contributed by atoms with E-state index >= 15 is 0 Å². The van der Waals surface area contributed by atoms with E-state index in [9.17, 15) is 9.59 Å². The van der Waals surface area contributed by atoms with Gasteiger partial charge in [0.05, 0.1) is 19.2 Å². The number of carbonyl (C=O) groups is 2. The molecule has 2 aromatic carbocycles. The molecule has 1 aliphatic heterocycles. The third-order valence-corrected chi connectivity index (χ3v) is 5.99. The first kappa shape index (κ1) is 24.3. The molecule has 3 N–H and O–H groups in total. The zero-order valence-corrected chi connectivity index (χ0v) is 20.2. The maximum Gasteiger partial charge on any atom is 0.255 e. The normalized spacial score (nSPS) is 12.9. The molecule has 1 aliphatic rings. The van der Waals surface area contributed by atoms with E-state index < -0.39 is 11.8 Å². The van der Waals surface area contributed by atoms with E-state index in [2.05, 4.69) is 20.1 Å². The van der Waals surface area contributed by atoms with Gasteiger partial charge in [-0.25, -0.2) is 0 Å². The summed E-state index contributed by atoms with van der Waals surface area (Å²) in [5.41, 5.74) is 6.65. The lowest BCUT2D eigenvalue weighted by molar-refractivity contribution is -0.120. The number of halogens is 1. The van der Waals surface area contributed by atoms with Crippen molar-refractivity contribution in [3.05, 3.63) is 46.7 Å². The van der Waals surface area contributed by atoms with Gasteiger partial charge in [-0.3, -0.25) is 9.59 Å². The van der Waals surface area contributed by atoms with Crippen LogP contribution in [0.4, 0.5) is 5.69 Å². The Morgan fingerprint density at radius 1 is 1.09 bits per heavy atom. The summed E-state index contributed by atoms with van der Waals surface area (Å²) in [6.07, 6.45) is 4.16. The van der Waals surface area contributed by atoms with Crippen molar-refractivity contribution in [1.29, 1.82) is 0 Å². The molecule has 0 spiro atoms. The van der Waals surface area contributed by atoms with E-state index in [1.165, 1.54) is 26.4 Å². The molecule has 35 heavy (non-hydrogen) atoms. The summed E-state index contributed by atoms with van der Waals surface area (Å²) in [5.74, 6) is 1.18. The Kier molecular flexibility index (Phi) is 7.40. The third-order valence-electron chi connectivity index (χ3n) is 5.66. The minimum Gasteiger partial charge on any atom is -0.493 e. The average molecular weight is 500 g/mol. The monoisotopic (exact) mass is 499 g/mol. The smallest absolute Gasteiger partial charge is 0.255 e. The zero-order valence-electron chi connectivity index (χ0n) is 19.5. The summed E-state index contributed by atoms with van der Waals surface area (Å²) < 4.78 is 18.2. The minimum absolute atomic E-state index is 0.173. The summed E-state index contributed by atoms with van der Waals surface area (Å²) in [7, 11) is 2.83. The van der Waals surface area contributed by atoms with Gasteiger partial charge in [0.15, 0.2) is 23.9 Å². The zero-order chi connectivity index (χ0) is 24.9. The Labute approximate surface area is 207 Å².